The van der Waals surface area contributed by atoms with Gasteiger partial charge in [-0.1, -0.05) is 31.9 Å². The molecule has 3 nitrogen and oxygen atoms in total. The van der Waals surface area contributed by atoms with Crippen molar-refractivity contribution < 1.29 is 4.74 Å². The van der Waals surface area contributed by atoms with E-state index in [0.29, 0.717) is 29.5 Å². The number of halogens is 1. The Morgan fingerprint density at radius 3 is 2.85 bits per heavy atom. The van der Waals surface area contributed by atoms with Gasteiger partial charge < -0.3 is 10.1 Å². The van der Waals surface area contributed by atoms with Gasteiger partial charge in [-0.2, -0.15) is 0 Å². The normalized spacial score (nSPS) is 22.8. The molecule has 4 heteroatoms. The molecule has 0 aromatic carbocycles. The van der Waals surface area contributed by atoms with Crippen LogP contribution in [0.2, 0.25) is 5.02 Å². The van der Waals surface area contributed by atoms with Gasteiger partial charge in [-0.05, 0) is 44.2 Å². The lowest BCUT2D eigenvalue weighted by Gasteiger charge is -2.30. The van der Waals surface area contributed by atoms with Crippen LogP contribution in [0, 0.1) is 5.92 Å². The van der Waals surface area contributed by atoms with Crippen molar-refractivity contribution in [2.75, 3.05) is 6.54 Å². The lowest BCUT2D eigenvalue weighted by atomic mass is 9.85. The molecule has 2 unspecified atom stereocenters. The van der Waals surface area contributed by atoms with E-state index >= 15 is 0 Å². The summed E-state index contributed by atoms with van der Waals surface area (Å²) in [6.45, 7) is 5.92. The predicted molar refractivity (Wildman–Crippen MR) is 83.3 cm³/mol. The summed E-state index contributed by atoms with van der Waals surface area (Å²) >= 11 is 6.17. The average Bonchev–Trinajstić information content (AvgIpc) is 2.48. The second-order valence-corrected chi connectivity index (χ2v) is 5.87. The number of aromatic nitrogens is 1. The number of nitrogens with zero attached hydrogens (tertiary/aromatic N) is 1. The number of nitrogens with one attached hydrogen (secondary N) is 1. The Balaban J connectivity index is 2.04. The summed E-state index contributed by atoms with van der Waals surface area (Å²) in [6.07, 6.45) is 6.51. The summed E-state index contributed by atoms with van der Waals surface area (Å²) in [4.78, 5) is 4.56. The van der Waals surface area contributed by atoms with Crippen molar-refractivity contribution in [2.45, 2.75) is 58.6 Å². The minimum absolute atomic E-state index is 0.314. The van der Waals surface area contributed by atoms with Crippen LogP contribution in [0.1, 0.15) is 51.6 Å². The molecule has 1 aromatic rings. The van der Waals surface area contributed by atoms with Gasteiger partial charge in [-0.25, -0.2) is 4.98 Å². The second-order valence-electron chi connectivity index (χ2n) is 5.47. The number of hydrogen-bond donors (Lipinski definition) is 1. The van der Waals surface area contributed by atoms with E-state index in [9.17, 15) is 0 Å². The van der Waals surface area contributed by atoms with E-state index in [-0.39, 0.29) is 0 Å². The van der Waals surface area contributed by atoms with Gasteiger partial charge in [0, 0.05) is 12.6 Å². The van der Waals surface area contributed by atoms with Crippen LogP contribution in [0.3, 0.4) is 0 Å². The minimum atomic E-state index is 0.314. The van der Waals surface area contributed by atoms with E-state index in [1.807, 2.05) is 12.1 Å². The van der Waals surface area contributed by atoms with Crippen LogP contribution in [-0.4, -0.2) is 17.6 Å². The summed E-state index contributed by atoms with van der Waals surface area (Å²) < 4.78 is 6.14. The first-order chi connectivity index (χ1) is 9.74. The molecule has 1 aromatic heterocycles. The highest BCUT2D eigenvalue weighted by Gasteiger charge is 2.25. The first-order valence-electron chi connectivity index (χ1n) is 7.77. The van der Waals surface area contributed by atoms with Gasteiger partial charge in [0.2, 0.25) is 5.88 Å². The van der Waals surface area contributed by atoms with Crippen LogP contribution in [-0.2, 0) is 6.54 Å². The SMILES string of the molecule is CCNCc1nc(OC2CCCCC2CC)ccc1Cl. The Morgan fingerprint density at radius 1 is 1.30 bits per heavy atom. The van der Waals surface area contributed by atoms with Gasteiger partial charge in [0.05, 0.1) is 10.7 Å². The van der Waals surface area contributed by atoms with E-state index in [2.05, 4.69) is 24.1 Å². The molecule has 112 valence electrons. The zero-order valence-corrected chi connectivity index (χ0v) is 13.2. The van der Waals surface area contributed by atoms with Crippen molar-refractivity contribution in [2.24, 2.45) is 5.92 Å². The van der Waals surface area contributed by atoms with Crippen molar-refractivity contribution in [1.82, 2.24) is 10.3 Å². The first-order valence-corrected chi connectivity index (χ1v) is 8.15. The molecule has 1 N–H and O–H groups in total. The molecule has 0 saturated heterocycles. The third kappa shape index (κ3) is 4.10. The molecule has 0 bridgehead atoms. The Kier molecular flexibility index (Phi) is 6.11. The number of hydrogen-bond acceptors (Lipinski definition) is 3. The molecule has 0 aliphatic heterocycles. The van der Waals surface area contributed by atoms with Crippen molar-refractivity contribution >= 4 is 11.6 Å². The van der Waals surface area contributed by atoms with Gasteiger partial charge in [0.1, 0.15) is 6.10 Å². The van der Waals surface area contributed by atoms with E-state index < -0.39 is 0 Å². The molecule has 1 fully saturated rings. The molecule has 0 amide bonds. The van der Waals surface area contributed by atoms with E-state index in [1.165, 1.54) is 25.7 Å². The number of ether oxygens (including phenoxy) is 1. The smallest absolute Gasteiger partial charge is 0.213 e. The van der Waals surface area contributed by atoms with Crippen LogP contribution >= 0.6 is 11.6 Å². The average molecular weight is 297 g/mol. The predicted octanol–water partition coefficient (Wildman–Crippen LogP) is 4.19. The van der Waals surface area contributed by atoms with Gasteiger partial charge >= 0.3 is 0 Å². The Hall–Kier alpha value is -0.800. The summed E-state index contributed by atoms with van der Waals surface area (Å²) in [5.74, 6) is 1.38. The number of rotatable bonds is 6. The largest absolute Gasteiger partial charge is 0.474 e. The zero-order chi connectivity index (χ0) is 14.4. The Morgan fingerprint density at radius 2 is 2.10 bits per heavy atom. The molecule has 1 heterocycles. The minimum Gasteiger partial charge on any atom is -0.474 e. The maximum Gasteiger partial charge on any atom is 0.213 e. The maximum absolute atomic E-state index is 6.17. The van der Waals surface area contributed by atoms with Crippen molar-refractivity contribution in [3.05, 3.63) is 22.8 Å². The topological polar surface area (TPSA) is 34.2 Å². The fraction of sp³-hybridized carbons (Fsp3) is 0.688. The van der Waals surface area contributed by atoms with Crippen LogP contribution in [0.4, 0.5) is 0 Å². The Labute approximate surface area is 127 Å². The fourth-order valence-corrected chi connectivity index (χ4v) is 3.02. The van der Waals surface area contributed by atoms with E-state index in [1.54, 1.807) is 0 Å². The molecular formula is C16H25ClN2O. The highest BCUT2D eigenvalue weighted by atomic mass is 35.5. The van der Waals surface area contributed by atoms with Crippen LogP contribution in [0.25, 0.3) is 0 Å². The van der Waals surface area contributed by atoms with Crippen molar-refractivity contribution in [3.63, 3.8) is 0 Å². The van der Waals surface area contributed by atoms with E-state index in [0.717, 1.165) is 18.7 Å². The third-order valence-corrected chi connectivity index (χ3v) is 4.42. The van der Waals surface area contributed by atoms with Gasteiger partial charge in [-0.3, -0.25) is 0 Å². The second kappa shape index (κ2) is 7.84. The molecule has 20 heavy (non-hydrogen) atoms. The molecule has 2 atom stereocenters. The number of pyridine rings is 1. The molecular weight excluding hydrogens is 272 g/mol. The molecule has 0 spiro atoms. The highest BCUT2D eigenvalue weighted by Crippen LogP contribution is 2.30. The standard InChI is InChI=1S/C16H25ClN2O/c1-3-12-7-5-6-8-15(12)20-16-10-9-13(17)14(19-16)11-18-4-2/h9-10,12,15,18H,3-8,11H2,1-2H3. The van der Waals surface area contributed by atoms with Crippen molar-refractivity contribution in [1.29, 1.82) is 0 Å². The summed E-state index contributed by atoms with van der Waals surface area (Å²) in [7, 11) is 0. The monoisotopic (exact) mass is 296 g/mol. The molecule has 1 saturated carbocycles. The zero-order valence-electron chi connectivity index (χ0n) is 12.5. The summed E-state index contributed by atoms with van der Waals surface area (Å²) in [6, 6.07) is 3.78. The van der Waals surface area contributed by atoms with Gasteiger partial charge in [-0.15, -0.1) is 0 Å². The van der Waals surface area contributed by atoms with E-state index in [4.69, 9.17) is 16.3 Å². The van der Waals surface area contributed by atoms with Crippen LogP contribution in [0.15, 0.2) is 12.1 Å². The van der Waals surface area contributed by atoms with Gasteiger partial charge in [0.25, 0.3) is 0 Å². The Bertz CT molecular complexity index is 425. The molecule has 1 aliphatic carbocycles. The first kappa shape index (κ1) is 15.6. The lowest BCUT2D eigenvalue weighted by molar-refractivity contribution is 0.0856. The molecule has 2 rings (SSSR count). The summed E-state index contributed by atoms with van der Waals surface area (Å²) in [5.41, 5.74) is 0.870. The maximum atomic E-state index is 6.17. The van der Waals surface area contributed by atoms with Crippen molar-refractivity contribution in [3.8, 4) is 5.88 Å². The molecule has 0 radical (unpaired) electrons. The third-order valence-electron chi connectivity index (χ3n) is 4.07. The highest BCUT2D eigenvalue weighted by molar-refractivity contribution is 6.31. The van der Waals surface area contributed by atoms with Crippen LogP contribution in [0.5, 0.6) is 5.88 Å². The van der Waals surface area contributed by atoms with Crippen LogP contribution < -0.4 is 10.1 Å². The van der Waals surface area contributed by atoms with Gasteiger partial charge in [0.15, 0.2) is 0 Å². The lowest BCUT2D eigenvalue weighted by Crippen LogP contribution is -2.30. The quantitative estimate of drug-likeness (QED) is 0.854. The summed E-state index contributed by atoms with van der Waals surface area (Å²) in [5, 5.41) is 3.96. The fourth-order valence-electron chi connectivity index (χ4n) is 2.85. The molecule has 1 aliphatic rings.